The zero-order chi connectivity index (χ0) is 31.0. The lowest BCUT2D eigenvalue weighted by Crippen LogP contribution is -2.55. The van der Waals surface area contributed by atoms with Gasteiger partial charge >= 0.3 is 6.09 Å². The number of amides is 3. The summed E-state index contributed by atoms with van der Waals surface area (Å²) in [6.45, 7) is 10.7. The van der Waals surface area contributed by atoms with Crippen molar-refractivity contribution < 1.29 is 29.3 Å². The van der Waals surface area contributed by atoms with E-state index in [1.165, 1.54) is 23.1 Å². The number of hydrogen-bond donors (Lipinski definition) is 4. The molecule has 9 heteroatoms. The van der Waals surface area contributed by atoms with Gasteiger partial charge < -0.3 is 30.5 Å². The normalized spacial score (nSPS) is 12.7. The Balaban J connectivity index is 2.03. The summed E-state index contributed by atoms with van der Waals surface area (Å²) in [5.41, 5.74) is 1.86. The van der Waals surface area contributed by atoms with E-state index in [-0.39, 0.29) is 24.5 Å². The molecule has 0 aromatic heterocycles. The Morgan fingerprint density at radius 2 is 1.55 bits per heavy atom. The second-order valence-corrected chi connectivity index (χ2v) is 11.6. The number of hydrogen-bond acceptors (Lipinski definition) is 6. The van der Waals surface area contributed by atoms with Gasteiger partial charge in [-0.1, -0.05) is 48.5 Å². The summed E-state index contributed by atoms with van der Waals surface area (Å²) < 4.78 is 5.46. The van der Waals surface area contributed by atoms with Gasteiger partial charge in [0.05, 0.1) is 0 Å². The van der Waals surface area contributed by atoms with Gasteiger partial charge in [0.1, 0.15) is 29.2 Å². The van der Waals surface area contributed by atoms with Crippen LogP contribution in [0.1, 0.15) is 62.9 Å². The molecule has 0 bridgehead atoms. The summed E-state index contributed by atoms with van der Waals surface area (Å²) in [7, 11) is 0. The van der Waals surface area contributed by atoms with Gasteiger partial charge in [0.2, 0.25) is 11.8 Å². The molecule has 0 aliphatic rings. The topological polar surface area (TPSA) is 128 Å². The van der Waals surface area contributed by atoms with Crippen molar-refractivity contribution in [2.75, 3.05) is 0 Å². The Bertz CT molecular complexity index is 1370. The zero-order valence-electron chi connectivity index (χ0n) is 25.0. The molecule has 0 heterocycles. The number of benzene rings is 3. The van der Waals surface area contributed by atoms with Crippen LogP contribution in [-0.2, 0) is 27.3 Å². The first-order valence-corrected chi connectivity index (χ1v) is 14.0. The molecular formula is C33H41N3O6. The van der Waals surface area contributed by atoms with E-state index in [0.29, 0.717) is 16.7 Å². The maximum Gasteiger partial charge on any atom is 0.408 e. The molecule has 2 unspecified atom stereocenters. The highest BCUT2D eigenvalue weighted by Crippen LogP contribution is 2.29. The Morgan fingerprint density at radius 1 is 0.905 bits per heavy atom. The minimum Gasteiger partial charge on any atom is -0.508 e. The standard InChI is InChI=1S/C33H41N3O6/c1-21(2)36(31(40)27(35-32(41)42-33(4,5)6)19-23-12-15-26(37)16-13-23)29(25-14-17-28(38)22(3)18-25)30(39)34-20-24-10-8-7-9-11-24/h7-18,21,27,29,37-38H,19-20H2,1-6H3,(H,34,39)(H,35,41). The first-order valence-electron chi connectivity index (χ1n) is 14.0. The molecule has 0 fully saturated rings. The van der Waals surface area contributed by atoms with Crippen LogP contribution >= 0.6 is 0 Å². The summed E-state index contributed by atoms with van der Waals surface area (Å²) in [5.74, 6) is -0.758. The summed E-state index contributed by atoms with van der Waals surface area (Å²) in [6, 6.07) is 18.0. The van der Waals surface area contributed by atoms with Crippen LogP contribution < -0.4 is 10.6 Å². The van der Waals surface area contributed by atoms with Crippen molar-refractivity contribution in [3.8, 4) is 11.5 Å². The Hall–Kier alpha value is -4.53. The maximum absolute atomic E-state index is 14.4. The van der Waals surface area contributed by atoms with Gasteiger partial charge in [0.15, 0.2) is 0 Å². The number of aromatic hydroxyl groups is 2. The molecule has 3 rings (SSSR count). The summed E-state index contributed by atoms with van der Waals surface area (Å²) >= 11 is 0. The van der Waals surface area contributed by atoms with E-state index in [9.17, 15) is 24.6 Å². The predicted molar refractivity (Wildman–Crippen MR) is 161 cm³/mol. The lowest BCUT2D eigenvalue weighted by atomic mass is 9.97. The van der Waals surface area contributed by atoms with Gasteiger partial charge in [-0.05, 0) is 88.1 Å². The minimum absolute atomic E-state index is 0.0708. The fourth-order valence-corrected chi connectivity index (χ4v) is 4.55. The highest BCUT2D eigenvalue weighted by Gasteiger charge is 2.38. The van der Waals surface area contributed by atoms with E-state index in [4.69, 9.17) is 4.74 Å². The number of nitrogens with one attached hydrogen (secondary N) is 2. The molecular weight excluding hydrogens is 534 g/mol. The second-order valence-electron chi connectivity index (χ2n) is 11.6. The smallest absolute Gasteiger partial charge is 0.408 e. The molecule has 2 atom stereocenters. The molecule has 0 saturated heterocycles. The largest absolute Gasteiger partial charge is 0.508 e. The van der Waals surface area contributed by atoms with Crippen LogP contribution in [-0.4, -0.2) is 50.7 Å². The fraction of sp³-hybridized carbons (Fsp3) is 0.364. The number of carbonyl (C=O) groups excluding carboxylic acids is 3. The van der Waals surface area contributed by atoms with E-state index >= 15 is 0 Å². The van der Waals surface area contributed by atoms with E-state index in [1.54, 1.807) is 65.8 Å². The van der Waals surface area contributed by atoms with Gasteiger partial charge in [0.25, 0.3) is 0 Å². The van der Waals surface area contributed by atoms with Crippen LogP contribution in [0.15, 0.2) is 72.8 Å². The molecule has 0 saturated carbocycles. The van der Waals surface area contributed by atoms with E-state index in [2.05, 4.69) is 10.6 Å². The third kappa shape index (κ3) is 8.99. The number of aryl methyl sites for hydroxylation is 1. The van der Waals surface area contributed by atoms with Crippen LogP contribution in [0.4, 0.5) is 4.79 Å². The Kier molecular flexibility index (Phi) is 10.6. The number of phenols is 2. The van der Waals surface area contributed by atoms with Gasteiger partial charge in [-0.15, -0.1) is 0 Å². The molecule has 42 heavy (non-hydrogen) atoms. The SMILES string of the molecule is Cc1cc(C(C(=O)NCc2ccccc2)N(C(=O)C(Cc2ccc(O)cc2)NC(=O)OC(C)(C)C)C(C)C)ccc1O. The number of rotatable bonds is 10. The van der Waals surface area contributed by atoms with Gasteiger partial charge in [0, 0.05) is 19.0 Å². The Morgan fingerprint density at radius 3 is 2.12 bits per heavy atom. The lowest BCUT2D eigenvalue weighted by Gasteiger charge is -2.37. The van der Waals surface area contributed by atoms with Crippen LogP contribution in [0, 0.1) is 6.92 Å². The van der Waals surface area contributed by atoms with E-state index < -0.39 is 41.6 Å². The predicted octanol–water partition coefficient (Wildman–Crippen LogP) is 5.14. The van der Waals surface area contributed by atoms with Gasteiger partial charge in [-0.2, -0.15) is 0 Å². The van der Waals surface area contributed by atoms with Crippen LogP contribution in [0.2, 0.25) is 0 Å². The van der Waals surface area contributed by atoms with E-state index in [0.717, 1.165) is 5.56 Å². The van der Waals surface area contributed by atoms with Crippen molar-refractivity contribution in [1.82, 2.24) is 15.5 Å². The molecule has 0 radical (unpaired) electrons. The van der Waals surface area contributed by atoms with Gasteiger partial charge in [-0.3, -0.25) is 9.59 Å². The highest BCUT2D eigenvalue weighted by molar-refractivity contribution is 5.92. The highest BCUT2D eigenvalue weighted by atomic mass is 16.6. The van der Waals surface area contributed by atoms with E-state index in [1.807, 2.05) is 30.3 Å². The first kappa shape index (κ1) is 32.0. The maximum atomic E-state index is 14.4. The van der Waals surface area contributed by atoms with Crippen molar-refractivity contribution in [1.29, 1.82) is 0 Å². The number of carbonyl (C=O) groups is 3. The minimum atomic E-state index is -1.09. The quantitative estimate of drug-likeness (QED) is 0.265. The van der Waals surface area contributed by atoms with Crippen molar-refractivity contribution in [3.63, 3.8) is 0 Å². The third-order valence-electron chi connectivity index (χ3n) is 6.55. The Labute approximate surface area is 247 Å². The average Bonchev–Trinajstić information content (AvgIpc) is 2.91. The molecule has 224 valence electrons. The molecule has 0 aliphatic heterocycles. The summed E-state index contributed by atoms with van der Waals surface area (Å²) in [6.07, 6.45) is -0.678. The molecule has 0 aliphatic carbocycles. The van der Waals surface area contributed by atoms with Crippen molar-refractivity contribution >= 4 is 17.9 Å². The lowest BCUT2D eigenvalue weighted by molar-refractivity contribution is -0.144. The fourth-order valence-electron chi connectivity index (χ4n) is 4.55. The van der Waals surface area contributed by atoms with Crippen LogP contribution in [0.25, 0.3) is 0 Å². The number of alkyl carbamates (subject to hydrolysis) is 1. The van der Waals surface area contributed by atoms with Crippen LogP contribution in [0.5, 0.6) is 11.5 Å². The monoisotopic (exact) mass is 575 g/mol. The molecule has 3 aromatic rings. The second kappa shape index (κ2) is 13.9. The summed E-state index contributed by atoms with van der Waals surface area (Å²) in [5, 5.41) is 25.6. The molecule has 0 spiro atoms. The van der Waals surface area contributed by atoms with Gasteiger partial charge in [-0.25, -0.2) is 4.79 Å². The summed E-state index contributed by atoms with van der Waals surface area (Å²) in [4.78, 5) is 42.6. The van der Waals surface area contributed by atoms with Crippen molar-refractivity contribution in [2.45, 2.75) is 78.2 Å². The number of nitrogens with zero attached hydrogens (tertiary/aromatic N) is 1. The van der Waals surface area contributed by atoms with Crippen molar-refractivity contribution in [3.05, 3.63) is 95.1 Å². The zero-order valence-corrected chi connectivity index (χ0v) is 25.0. The average molecular weight is 576 g/mol. The molecule has 9 nitrogen and oxygen atoms in total. The van der Waals surface area contributed by atoms with Crippen molar-refractivity contribution in [2.24, 2.45) is 0 Å². The number of ether oxygens (including phenoxy) is 1. The van der Waals surface area contributed by atoms with Crippen LogP contribution in [0.3, 0.4) is 0 Å². The number of phenolic OH excluding ortho intramolecular Hbond substituents is 2. The first-order chi connectivity index (χ1) is 19.7. The molecule has 4 N–H and O–H groups in total. The molecule has 3 aromatic carbocycles. The molecule has 3 amide bonds. The third-order valence-corrected chi connectivity index (χ3v) is 6.55.